The number of morpholine rings is 1. The lowest BCUT2D eigenvalue weighted by Gasteiger charge is -2.24. The van der Waals surface area contributed by atoms with Crippen LogP contribution < -0.4 is 0 Å². The fraction of sp³-hybridized carbons (Fsp3) is 0.357. The third-order valence-electron chi connectivity index (χ3n) is 3.07. The van der Waals surface area contributed by atoms with E-state index in [-0.39, 0.29) is 0 Å². The molecule has 0 N–H and O–H groups in total. The first-order valence-corrected chi connectivity index (χ1v) is 6.22. The fourth-order valence-corrected chi connectivity index (χ4v) is 2.07. The van der Waals surface area contributed by atoms with Crippen molar-refractivity contribution in [2.24, 2.45) is 0 Å². The average molecular weight is 244 g/mol. The van der Waals surface area contributed by atoms with Gasteiger partial charge in [0.1, 0.15) is 0 Å². The molecule has 1 aromatic heterocycles. The van der Waals surface area contributed by atoms with Crippen LogP contribution in [0.25, 0.3) is 11.3 Å². The third kappa shape index (κ3) is 2.60. The molecule has 0 spiro atoms. The second kappa shape index (κ2) is 5.33. The lowest BCUT2D eigenvalue weighted by atomic mass is 10.2. The lowest BCUT2D eigenvalue weighted by molar-refractivity contribution is 0.0306. The topological polar surface area (TPSA) is 38.5 Å². The summed E-state index contributed by atoms with van der Waals surface area (Å²) in [6.07, 6.45) is 1.80. The van der Waals surface area contributed by atoms with Gasteiger partial charge in [-0.15, -0.1) is 0 Å². The van der Waals surface area contributed by atoms with Crippen LogP contribution in [0, 0.1) is 0 Å². The minimum absolute atomic E-state index is 0.760. The van der Waals surface area contributed by atoms with Crippen LogP contribution in [0.5, 0.6) is 0 Å². The van der Waals surface area contributed by atoms with Crippen molar-refractivity contribution in [3.05, 3.63) is 42.4 Å². The Hall–Kier alpha value is -1.65. The van der Waals surface area contributed by atoms with Gasteiger partial charge in [0.25, 0.3) is 0 Å². The van der Waals surface area contributed by atoms with Crippen LogP contribution in [-0.2, 0) is 11.3 Å². The maximum Gasteiger partial charge on any atom is 0.209 e. The molecule has 0 aliphatic carbocycles. The number of nitrogens with zero attached hydrogens (tertiary/aromatic N) is 2. The smallest absolute Gasteiger partial charge is 0.209 e. The molecule has 1 aliphatic rings. The highest BCUT2D eigenvalue weighted by Gasteiger charge is 2.14. The van der Waals surface area contributed by atoms with Crippen molar-refractivity contribution in [3.8, 4) is 11.3 Å². The van der Waals surface area contributed by atoms with E-state index in [9.17, 15) is 0 Å². The Morgan fingerprint density at radius 1 is 1.11 bits per heavy atom. The van der Waals surface area contributed by atoms with Crippen molar-refractivity contribution >= 4 is 0 Å². The predicted octanol–water partition coefficient (Wildman–Crippen LogP) is 2.17. The number of aromatic nitrogens is 1. The van der Waals surface area contributed by atoms with Crippen LogP contribution in [0.15, 0.2) is 40.9 Å². The van der Waals surface area contributed by atoms with E-state index in [0.29, 0.717) is 0 Å². The summed E-state index contributed by atoms with van der Waals surface area (Å²) in [6, 6.07) is 10.0. The van der Waals surface area contributed by atoms with Gasteiger partial charge in [-0.05, 0) is 0 Å². The Morgan fingerprint density at radius 2 is 1.89 bits per heavy atom. The third-order valence-corrected chi connectivity index (χ3v) is 3.07. The molecule has 0 unspecified atom stereocenters. The van der Waals surface area contributed by atoms with E-state index < -0.39 is 0 Å². The summed E-state index contributed by atoms with van der Waals surface area (Å²) in [5.41, 5.74) is 1.07. The van der Waals surface area contributed by atoms with Crippen molar-refractivity contribution in [1.82, 2.24) is 9.88 Å². The largest absolute Gasteiger partial charge is 0.439 e. The zero-order valence-electron chi connectivity index (χ0n) is 10.2. The number of hydrogen-bond donors (Lipinski definition) is 0. The predicted molar refractivity (Wildman–Crippen MR) is 68.0 cm³/mol. The summed E-state index contributed by atoms with van der Waals surface area (Å²) in [7, 11) is 0. The maximum absolute atomic E-state index is 5.78. The van der Waals surface area contributed by atoms with Crippen LogP contribution in [0.1, 0.15) is 5.89 Å². The molecule has 2 aromatic rings. The van der Waals surface area contributed by atoms with Crippen LogP contribution in [0.2, 0.25) is 0 Å². The van der Waals surface area contributed by atoms with Gasteiger partial charge in [-0.3, -0.25) is 4.90 Å². The molecule has 4 heteroatoms. The first kappa shape index (κ1) is 11.4. The van der Waals surface area contributed by atoms with Crippen LogP contribution in [0.3, 0.4) is 0 Å². The van der Waals surface area contributed by atoms with Gasteiger partial charge in [-0.25, -0.2) is 4.98 Å². The van der Waals surface area contributed by atoms with Gasteiger partial charge in [0, 0.05) is 18.7 Å². The second-order valence-corrected chi connectivity index (χ2v) is 4.37. The Balaban J connectivity index is 1.69. The molecule has 0 amide bonds. The second-order valence-electron chi connectivity index (χ2n) is 4.37. The summed E-state index contributed by atoms with van der Waals surface area (Å²) in [4.78, 5) is 6.63. The van der Waals surface area contributed by atoms with Gasteiger partial charge in [0.15, 0.2) is 5.76 Å². The first-order valence-electron chi connectivity index (χ1n) is 6.22. The lowest BCUT2D eigenvalue weighted by Crippen LogP contribution is -2.35. The Bertz CT molecular complexity index is 490. The molecule has 1 saturated heterocycles. The molecule has 0 bridgehead atoms. The van der Waals surface area contributed by atoms with Crippen LogP contribution in [0.4, 0.5) is 0 Å². The summed E-state index contributed by atoms with van der Waals surface area (Å²) in [5, 5.41) is 0. The van der Waals surface area contributed by atoms with Crippen LogP contribution in [-0.4, -0.2) is 36.2 Å². The molecular formula is C14H16N2O2. The number of ether oxygens (including phenoxy) is 1. The van der Waals surface area contributed by atoms with Crippen molar-refractivity contribution in [2.45, 2.75) is 6.54 Å². The van der Waals surface area contributed by atoms with E-state index in [1.165, 1.54) is 0 Å². The summed E-state index contributed by atoms with van der Waals surface area (Å²) in [5.74, 6) is 1.61. The van der Waals surface area contributed by atoms with Crippen molar-refractivity contribution in [1.29, 1.82) is 0 Å². The molecule has 94 valence electrons. The van der Waals surface area contributed by atoms with Crippen molar-refractivity contribution in [2.75, 3.05) is 26.3 Å². The SMILES string of the molecule is c1ccc(-c2cnc(CN3CCOCC3)o2)cc1. The van der Waals surface area contributed by atoms with Crippen LogP contribution >= 0.6 is 0 Å². The zero-order chi connectivity index (χ0) is 12.2. The highest BCUT2D eigenvalue weighted by molar-refractivity contribution is 5.55. The van der Waals surface area contributed by atoms with Gasteiger partial charge in [0.05, 0.1) is 26.0 Å². The minimum Gasteiger partial charge on any atom is -0.439 e. The maximum atomic E-state index is 5.78. The van der Waals surface area contributed by atoms with Gasteiger partial charge < -0.3 is 9.15 Å². The van der Waals surface area contributed by atoms with E-state index in [0.717, 1.165) is 50.1 Å². The van der Waals surface area contributed by atoms with E-state index in [1.54, 1.807) is 6.20 Å². The highest BCUT2D eigenvalue weighted by atomic mass is 16.5. The molecule has 3 rings (SSSR count). The molecule has 1 fully saturated rings. The Labute approximate surface area is 106 Å². The highest BCUT2D eigenvalue weighted by Crippen LogP contribution is 2.20. The van der Waals surface area contributed by atoms with Gasteiger partial charge in [-0.2, -0.15) is 0 Å². The van der Waals surface area contributed by atoms with E-state index in [2.05, 4.69) is 9.88 Å². The van der Waals surface area contributed by atoms with Crippen molar-refractivity contribution in [3.63, 3.8) is 0 Å². The Morgan fingerprint density at radius 3 is 2.67 bits per heavy atom. The Kier molecular flexibility index (Phi) is 3.39. The molecule has 0 atom stereocenters. The quantitative estimate of drug-likeness (QED) is 0.829. The zero-order valence-corrected chi connectivity index (χ0v) is 10.2. The normalized spacial score (nSPS) is 16.9. The van der Waals surface area contributed by atoms with E-state index in [1.807, 2.05) is 30.3 Å². The molecule has 0 saturated carbocycles. The van der Waals surface area contributed by atoms with E-state index in [4.69, 9.17) is 9.15 Å². The number of hydrogen-bond acceptors (Lipinski definition) is 4. The standard InChI is InChI=1S/C14H16N2O2/c1-2-4-12(5-3-1)13-10-15-14(18-13)11-16-6-8-17-9-7-16/h1-5,10H,6-9,11H2. The molecule has 4 nitrogen and oxygen atoms in total. The number of oxazole rings is 1. The monoisotopic (exact) mass is 244 g/mol. The fourth-order valence-electron chi connectivity index (χ4n) is 2.07. The summed E-state index contributed by atoms with van der Waals surface area (Å²) < 4.78 is 11.1. The molecular weight excluding hydrogens is 228 g/mol. The van der Waals surface area contributed by atoms with Gasteiger partial charge in [0.2, 0.25) is 5.89 Å². The van der Waals surface area contributed by atoms with Gasteiger partial charge >= 0.3 is 0 Å². The summed E-state index contributed by atoms with van der Waals surface area (Å²) in [6.45, 7) is 4.25. The average Bonchev–Trinajstić information content (AvgIpc) is 2.89. The number of rotatable bonds is 3. The number of benzene rings is 1. The minimum atomic E-state index is 0.760. The molecule has 1 aliphatic heterocycles. The van der Waals surface area contributed by atoms with Gasteiger partial charge in [-0.1, -0.05) is 30.3 Å². The molecule has 18 heavy (non-hydrogen) atoms. The molecule has 1 aromatic carbocycles. The first-order chi connectivity index (χ1) is 8.92. The molecule has 0 radical (unpaired) electrons. The van der Waals surface area contributed by atoms with E-state index >= 15 is 0 Å². The van der Waals surface area contributed by atoms with Crippen molar-refractivity contribution < 1.29 is 9.15 Å². The molecule has 2 heterocycles. The summed E-state index contributed by atoms with van der Waals surface area (Å²) >= 11 is 0.